The third-order valence-electron chi connectivity index (χ3n) is 5.12. The number of hydrogen-bond acceptors (Lipinski definition) is 6. The Morgan fingerprint density at radius 1 is 1.16 bits per heavy atom. The lowest BCUT2D eigenvalue weighted by molar-refractivity contribution is 0.102. The first-order valence-electron chi connectivity index (χ1n) is 10.1. The zero-order valence-corrected chi connectivity index (χ0v) is 18.2. The van der Waals surface area contributed by atoms with Gasteiger partial charge >= 0.3 is 6.03 Å². The minimum Gasteiger partial charge on any atom is -0.495 e. The summed E-state index contributed by atoms with van der Waals surface area (Å²) in [5.41, 5.74) is 0.956. The average Bonchev–Trinajstić information content (AvgIpc) is 3.30. The third-order valence-corrected chi connectivity index (χ3v) is 6.21. The molecule has 0 saturated carbocycles. The number of piperidine rings is 1. The topological polar surface area (TPSA) is 96.4 Å². The van der Waals surface area contributed by atoms with E-state index >= 15 is 0 Å². The predicted octanol–water partition coefficient (Wildman–Crippen LogP) is 4.35. The number of carbonyl (C=O) groups excluding carboxylic acids is 2. The molecular weight excluding hydrogens is 433 g/mol. The van der Waals surface area contributed by atoms with E-state index in [-0.39, 0.29) is 17.0 Å². The van der Waals surface area contributed by atoms with Crippen molar-refractivity contribution >= 4 is 34.6 Å². The van der Waals surface area contributed by atoms with E-state index in [0.717, 1.165) is 12.8 Å². The second-order valence-corrected chi connectivity index (χ2v) is 8.33. The van der Waals surface area contributed by atoms with E-state index in [4.69, 9.17) is 4.74 Å². The molecule has 0 unspecified atom stereocenters. The Morgan fingerprint density at radius 2 is 2.00 bits per heavy atom. The predicted molar refractivity (Wildman–Crippen MR) is 120 cm³/mol. The van der Waals surface area contributed by atoms with Gasteiger partial charge in [-0.1, -0.05) is 29.5 Å². The Kier molecular flexibility index (Phi) is 6.60. The number of likely N-dealkylation sites (tertiary alicyclic amines) is 1. The minimum absolute atomic E-state index is 0.0135. The van der Waals surface area contributed by atoms with Gasteiger partial charge in [-0.15, -0.1) is 10.2 Å². The van der Waals surface area contributed by atoms with Crippen LogP contribution in [0.15, 0.2) is 48.5 Å². The van der Waals surface area contributed by atoms with E-state index in [1.807, 2.05) is 12.1 Å². The maximum absolute atomic E-state index is 13.3. The van der Waals surface area contributed by atoms with Crippen molar-refractivity contribution in [3.63, 3.8) is 0 Å². The van der Waals surface area contributed by atoms with E-state index in [2.05, 4.69) is 20.8 Å². The molecule has 0 aliphatic carbocycles. The van der Waals surface area contributed by atoms with Crippen molar-refractivity contribution in [2.24, 2.45) is 0 Å². The fourth-order valence-electron chi connectivity index (χ4n) is 3.55. The van der Waals surface area contributed by atoms with Crippen molar-refractivity contribution in [2.45, 2.75) is 18.8 Å². The van der Waals surface area contributed by atoms with Crippen LogP contribution >= 0.6 is 11.3 Å². The summed E-state index contributed by atoms with van der Waals surface area (Å²) in [6.45, 7) is 1.10. The lowest BCUT2D eigenvalue weighted by Crippen LogP contribution is -2.41. The van der Waals surface area contributed by atoms with Gasteiger partial charge in [0.1, 0.15) is 16.6 Å². The maximum atomic E-state index is 13.3. The Hall–Kier alpha value is -3.53. The summed E-state index contributed by atoms with van der Waals surface area (Å²) in [5, 5.41) is 14.6. The number of amides is 3. The number of rotatable bonds is 5. The smallest absolute Gasteiger partial charge is 0.321 e. The summed E-state index contributed by atoms with van der Waals surface area (Å²) >= 11 is 1.19. The van der Waals surface area contributed by atoms with Gasteiger partial charge in [-0.05, 0) is 43.2 Å². The number of anilines is 2. The van der Waals surface area contributed by atoms with Crippen LogP contribution in [0.5, 0.6) is 5.75 Å². The van der Waals surface area contributed by atoms with E-state index in [9.17, 15) is 14.0 Å². The van der Waals surface area contributed by atoms with Crippen LogP contribution < -0.4 is 15.4 Å². The van der Waals surface area contributed by atoms with Crippen molar-refractivity contribution in [1.29, 1.82) is 0 Å². The molecule has 4 rings (SSSR count). The van der Waals surface area contributed by atoms with Crippen LogP contribution in [0, 0.1) is 5.82 Å². The highest BCUT2D eigenvalue weighted by Crippen LogP contribution is 2.30. The number of hydrogen-bond donors (Lipinski definition) is 2. The molecule has 8 nitrogen and oxygen atoms in total. The minimum atomic E-state index is -0.444. The molecule has 1 saturated heterocycles. The first kappa shape index (κ1) is 21.7. The van der Waals surface area contributed by atoms with Crippen molar-refractivity contribution < 1.29 is 18.7 Å². The highest BCUT2D eigenvalue weighted by Gasteiger charge is 2.28. The van der Waals surface area contributed by atoms with Gasteiger partial charge in [0.2, 0.25) is 5.01 Å². The van der Waals surface area contributed by atoms with Gasteiger partial charge < -0.3 is 20.3 Å². The van der Waals surface area contributed by atoms with Gasteiger partial charge in [0.25, 0.3) is 5.91 Å². The standard InChI is InChI=1S/C22H22FN5O3S/c1-31-18-10-3-2-9-17(18)25-22(30)28-11-5-6-14(13-28)20-26-27-21(32-20)19(29)24-16-8-4-7-15(23)12-16/h2-4,7-10,12,14H,5-6,11,13H2,1H3,(H,24,29)(H,25,30)/t14-/m1/s1. The molecule has 10 heteroatoms. The Labute approximate surface area is 188 Å². The molecule has 2 heterocycles. The number of nitrogens with zero attached hydrogens (tertiary/aromatic N) is 3. The number of aromatic nitrogens is 2. The van der Waals surface area contributed by atoms with Crippen LogP contribution in [0.1, 0.15) is 33.6 Å². The average molecular weight is 456 g/mol. The summed E-state index contributed by atoms with van der Waals surface area (Å²) in [5.74, 6) is -0.303. The van der Waals surface area contributed by atoms with Gasteiger partial charge in [-0.25, -0.2) is 9.18 Å². The van der Waals surface area contributed by atoms with Gasteiger partial charge in [0.05, 0.1) is 12.8 Å². The van der Waals surface area contributed by atoms with Crippen LogP contribution in [-0.2, 0) is 0 Å². The van der Waals surface area contributed by atoms with Gasteiger partial charge in [0, 0.05) is 24.7 Å². The molecule has 0 radical (unpaired) electrons. The van der Waals surface area contributed by atoms with Crippen molar-refractivity contribution in [3.05, 3.63) is 64.4 Å². The van der Waals surface area contributed by atoms with Crippen LogP contribution in [0.4, 0.5) is 20.6 Å². The summed E-state index contributed by atoms with van der Waals surface area (Å²) in [4.78, 5) is 27.0. The molecule has 1 aromatic heterocycles. The number of benzene rings is 2. The number of methoxy groups -OCH3 is 1. The maximum Gasteiger partial charge on any atom is 0.321 e. The van der Waals surface area contributed by atoms with E-state index < -0.39 is 11.7 Å². The molecule has 166 valence electrons. The molecule has 0 bridgehead atoms. The zero-order valence-electron chi connectivity index (χ0n) is 17.4. The molecular formula is C22H22FN5O3S. The summed E-state index contributed by atoms with van der Waals surface area (Å²) in [6, 6.07) is 12.7. The number of para-hydroxylation sites is 2. The third kappa shape index (κ3) is 5.02. The number of ether oxygens (including phenoxy) is 1. The van der Waals surface area contributed by atoms with Crippen LogP contribution in [0.25, 0.3) is 0 Å². The highest BCUT2D eigenvalue weighted by molar-refractivity contribution is 7.13. The Balaban J connectivity index is 1.40. The first-order valence-corrected chi connectivity index (χ1v) is 10.9. The highest BCUT2D eigenvalue weighted by atomic mass is 32.1. The van der Waals surface area contributed by atoms with E-state index in [1.54, 1.807) is 30.2 Å². The molecule has 1 fully saturated rings. The van der Waals surface area contributed by atoms with Gasteiger partial charge in [-0.3, -0.25) is 4.79 Å². The molecule has 3 aromatic rings. The monoisotopic (exact) mass is 455 g/mol. The second kappa shape index (κ2) is 9.73. The molecule has 3 amide bonds. The summed E-state index contributed by atoms with van der Waals surface area (Å²) in [7, 11) is 1.55. The van der Waals surface area contributed by atoms with E-state index in [1.165, 1.54) is 29.5 Å². The van der Waals surface area contributed by atoms with Gasteiger partial charge in [-0.2, -0.15) is 0 Å². The van der Waals surface area contributed by atoms with Crippen LogP contribution in [0.2, 0.25) is 0 Å². The Morgan fingerprint density at radius 3 is 2.81 bits per heavy atom. The summed E-state index contributed by atoms with van der Waals surface area (Å²) in [6.07, 6.45) is 1.66. The second-order valence-electron chi connectivity index (χ2n) is 7.33. The first-order chi connectivity index (χ1) is 15.5. The molecule has 2 N–H and O–H groups in total. The molecule has 2 aromatic carbocycles. The lowest BCUT2D eigenvalue weighted by atomic mass is 9.99. The van der Waals surface area contributed by atoms with Crippen molar-refractivity contribution in [2.75, 3.05) is 30.8 Å². The fraction of sp³-hybridized carbons (Fsp3) is 0.273. The number of nitrogens with one attached hydrogen (secondary N) is 2. The van der Waals surface area contributed by atoms with Crippen molar-refractivity contribution in [1.82, 2.24) is 15.1 Å². The largest absolute Gasteiger partial charge is 0.495 e. The zero-order chi connectivity index (χ0) is 22.5. The number of halogens is 1. The van der Waals surface area contributed by atoms with Crippen LogP contribution in [0.3, 0.4) is 0 Å². The van der Waals surface area contributed by atoms with E-state index in [0.29, 0.717) is 35.2 Å². The molecule has 1 atom stereocenters. The van der Waals surface area contributed by atoms with Crippen LogP contribution in [-0.4, -0.2) is 47.2 Å². The number of urea groups is 1. The molecule has 32 heavy (non-hydrogen) atoms. The summed E-state index contributed by atoms with van der Waals surface area (Å²) < 4.78 is 18.6. The normalized spacial score (nSPS) is 15.8. The molecule has 1 aliphatic rings. The Bertz CT molecular complexity index is 1120. The SMILES string of the molecule is COc1ccccc1NC(=O)N1CCC[C@@H](c2nnc(C(=O)Nc3cccc(F)c3)s2)C1. The fourth-order valence-corrected chi connectivity index (χ4v) is 4.41. The quantitative estimate of drug-likeness (QED) is 0.596. The van der Waals surface area contributed by atoms with Crippen molar-refractivity contribution in [3.8, 4) is 5.75 Å². The lowest BCUT2D eigenvalue weighted by Gasteiger charge is -2.31. The van der Waals surface area contributed by atoms with Gasteiger partial charge in [0.15, 0.2) is 0 Å². The molecule has 1 aliphatic heterocycles. The number of carbonyl (C=O) groups is 2. The molecule has 0 spiro atoms.